The Bertz CT molecular complexity index is 723. The molecule has 4 nitrogen and oxygen atoms in total. The van der Waals surface area contributed by atoms with Crippen LogP contribution in [0.3, 0.4) is 0 Å². The molecule has 0 spiro atoms. The summed E-state index contributed by atoms with van der Waals surface area (Å²) in [6.45, 7) is 0. The molecule has 1 heterocycles. The van der Waals surface area contributed by atoms with Crippen LogP contribution in [-0.4, -0.2) is 13.4 Å². The van der Waals surface area contributed by atoms with Crippen LogP contribution in [0.4, 0.5) is 4.39 Å². The van der Waals surface area contributed by atoms with Gasteiger partial charge in [0.2, 0.25) is 0 Å². The molecule has 0 aliphatic heterocycles. The maximum atomic E-state index is 13.4. The molecular weight excluding hydrogens is 257 g/mol. The van der Waals surface area contributed by atoms with E-state index in [4.69, 9.17) is 10.7 Å². The van der Waals surface area contributed by atoms with Gasteiger partial charge in [0.15, 0.2) is 0 Å². The summed E-state index contributed by atoms with van der Waals surface area (Å²) in [5, 5.41) is 0.334. The molecular formula is C9H4ClFNO3S. The minimum Gasteiger partial charge on any atom is -0.321 e. The number of pyridine rings is 1. The van der Waals surface area contributed by atoms with E-state index >= 15 is 0 Å². The standard InChI is InChI=1S/C9H4ClFNO3S/c10-16(14,15)8-3-5-1-2-9(13)12-7(5)4-6(8)11/h1,3-4H,(H,12,13). The third kappa shape index (κ3) is 1.94. The summed E-state index contributed by atoms with van der Waals surface area (Å²) in [4.78, 5) is 12.6. The van der Waals surface area contributed by atoms with Gasteiger partial charge < -0.3 is 4.98 Å². The molecule has 1 radical (unpaired) electrons. The Labute approximate surface area is 94.1 Å². The lowest BCUT2D eigenvalue weighted by molar-refractivity contribution is 0.577. The van der Waals surface area contributed by atoms with Crippen LogP contribution in [0.1, 0.15) is 0 Å². The van der Waals surface area contributed by atoms with Crippen molar-refractivity contribution in [2.24, 2.45) is 0 Å². The summed E-state index contributed by atoms with van der Waals surface area (Å²) >= 11 is 0. The van der Waals surface area contributed by atoms with E-state index in [0.717, 1.165) is 12.1 Å². The lowest BCUT2D eigenvalue weighted by Gasteiger charge is -2.01. The van der Waals surface area contributed by atoms with Crippen molar-refractivity contribution >= 4 is 30.6 Å². The Morgan fingerprint density at radius 1 is 1.38 bits per heavy atom. The number of rotatable bonds is 1. The second kappa shape index (κ2) is 3.57. The molecule has 0 bridgehead atoms. The van der Waals surface area contributed by atoms with Crippen LogP contribution in [0.25, 0.3) is 10.9 Å². The van der Waals surface area contributed by atoms with Crippen molar-refractivity contribution in [2.45, 2.75) is 4.90 Å². The molecule has 83 valence electrons. The zero-order valence-corrected chi connectivity index (χ0v) is 9.19. The molecule has 1 N–H and O–H groups in total. The highest BCUT2D eigenvalue weighted by Crippen LogP contribution is 2.23. The maximum absolute atomic E-state index is 13.4. The highest BCUT2D eigenvalue weighted by atomic mass is 35.7. The van der Waals surface area contributed by atoms with E-state index in [1.807, 2.05) is 0 Å². The van der Waals surface area contributed by atoms with Gasteiger partial charge in [0.05, 0.1) is 11.6 Å². The fourth-order valence-corrected chi connectivity index (χ4v) is 2.20. The molecule has 7 heteroatoms. The molecule has 0 aliphatic rings. The largest absolute Gasteiger partial charge is 0.321 e. The molecule has 0 aliphatic carbocycles. The van der Waals surface area contributed by atoms with Crippen LogP contribution in [0, 0.1) is 11.9 Å². The normalized spacial score (nSPS) is 11.9. The quantitative estimate of drug-likeness (QED) is 0.788. The molecule has 0 unspecified atom stereocenters. The Balaban J connectivity index is 2.88. The Hall–Kier alpha value is -1.40. The van der Waals surface area contributed by atoms with Crippen molar-refractivity contribution in [3.8, 4) is 0 Å². The van der Waals surface area contributed by atoms with E-state index in [-0.39, 0.29) is 5.52 Å². The molecule has 1 aromatic carbocycles. The van der Waals surface area contributed by atoms with Crippen molar-refractivity contribution in [2.75, 3.05) is 0 Å². The number of hydrogen-bond acceptors (Lipinski definition) is 3. The van der Waals surface area contributed by atoms with Crippen LogP contribution >= 0.6 is 10.7 Å². The van der Waals surface area contributed by atoms with E-state index in [9.17, 15) is 17.6 Å². The number of fused-ring (bicyclic) bond motifs is 1. The van der Waals surface area contributed by atoms with Crippen molar-refractivity contribution in [3.05, 3.63) is 40.4 Å². The highest BCUT2D eigenvalue weighted by molar-refractivity contribution is 8.13. The van der Waals surface area contributed by atoms with Gasteiger partial charge in [0.1, 0.15) is 10.7 Å². The lowest BCUT2D eigenvalue weighted by atomic mass is 10.2. The number of nitrogens with one attached hydrogen (secondary N) is 1. The second-order valence-electron chi connectivity index (χ2n) is 3.05. The summed E-state index contributed by atoms with van der Waals surface area (Å²) in [6.07, 6.45) is 0. The van der Waals surface area contributed by atoms with E-state index in [1.54, 1.807) is 0 Å². The first-order valence-electron chi connectivity index (χ1n) is 4.07. The van der Waals surface area contributed by atoms with Crippen LogP contribution in [0.2, 0.25) is 0 Å². The fraction of sp³-hybridized carbons (Fsp3) is 0. The first kappa shape index (κ1) is 11.1. The lowest BCUT2D eigenvalue weighted by Crippen LogP contribution is -2.04. The fourth-order valence-electron chi connectivity index (χ4n) is 1.29. The number of hydrogen-bond donors (Lipinski definition) is 1. The van der Waals surface area contributed by atoms with Crippen LogP contribution in [-0.2, 0) is 9.05 Å². The molecule has 0 saturated carbocycles. The summed E-state index contributed by atoms with van der Waals surface area (Å²) in [7, 11) is 0.902. The van der Waals surface area contributed by atoms with Crippen molar-refractivity contribution in [1.82, 2.24) is 4.98 Å². The zero-order valence-electron chi connectivity index (χ0n) is 7.62. The number of aromatic amines is 1. The molecule has 2 rings (SSSR count). The smallest absolute Gasteiger partial charge is 0.264 e. The molecule has 0 saturated heterocycles. The number of aromatic nitrogens is 1. The van der Waals surface area contributed by atoms with E-state index < -0.39 is 25.3 Å². The van der Waals surface area contributed by atoms with Crippen molar-refractivity contribution < 1.29 is 12.8 Å². The third-order valence-corrected chi connectivity index (χ3v) is 3.31. The third-order valence-electron chi connectivity index (χ3n) is 1.97. The average molecular weight is 261 g/mol. The molecule has 0 amide bonds. The van der Waals surface area contributed by atoms with Crippen molar-refractivity contribution in [3.63, 3.8) is 0 Å². The van der Waals surface area contributed by atoms with E-state index in [1.165, 1.54) is 6.07 Å². The highest BCUT2D eigenvalue weighted by Gasteiger charge is 2.17. The van der Waals surface area contributed by atoms with Crippen LogP contribution in [0.15, 0.2) is 27.9 Å². The summed E-state index contributed by atoms with van der Waals surface area (Å²) in [5.74, 6) is -1.01. The van der Waals surface area contributed by atoms with Gasteiger partial charge in [-0.3, -0.25) is 4.79 Å². The second-order valence-corrected chi connectivity index (χ2v) is 5.58. The van der Waals surface area contributed by atoms with Crippen molar-refractivity contribution in [1.29, 1.82) is 0 Å². The van der Waals surface area contributed by atoms with Crippen LogP contribution < -0.4 is 5.56 Å². The predicted molar refractivity (Wildman–Crippen MR) is 56.4 cm³/mol. The Kier molecular flexibility index (Phi) is 2.47. The van der Waals surface area contributed by atoms with Gasteiger partial charge in [-0.2, -0.15) is 0 Å². The monoisotopic (exact) mass is 260 g/mol. The average Bonchev–Trinajstić information content (AvgIpc) is 2.14. The van der Waals surface area contributed by atoms with Gasteiger partial charge in [-0.25, -0.2) is 12.8 Å². The maximum Gasteiger partial charge on any atom is 0.264 e. The van der Waals surface area contributed by atoms with Gasteiger partial charge in [-0.1, -0.05) is 0 Å². The number of H-pyrrole nitrogens is 1. The summed E-state index contributed by atoms with van der Waals surface area (Å²) < 4.78 is 35.4. The molecule has 0 fully saturated rings. The summed E-state index contributed by atoms with van der Waals surface area (Å²) in [6, 6.07) is 5.51. The van der Waals surface area contributed by atoms with Gasteiger partial charge in [0.25, 0.3) is 14.6 Å². The predicted octanol–water partition coefficient (Wildman–Crippen LogP) is 1.39. The van der Waals surface area contributed by atoms with E-state index in [0.29, 0.717) is 5.39 Å². The number of benzene rings is 1. The zero-order chi connectivity index (χ0) is 11.9. The Morgan fingerprint density at radius 2 is 2.06 bits per heavy atom. The molecule has 1 aromatic heterocycles. The Morgan fingerprint density at radius 3 is 2.69 bits per heavy atom. The van der Waals surface area contributed by atoms with E-state index in [2.05, 4.69) is 11.1 Å². The topological polar surface area (TPSA) is 67.0 Å². The summed E-state index contributed by atoms with van der Waals surface area (Å²) in [5.41, 5.74) is -0.335. The minimum absolute atomic E-state index is 0.185. The first-order chi connectivity index (χ1) is 7.38. The molecule has 2 aromatic rings. The number of halogens is 2. The molecule has 16 heavy (non-hydrogen) atoms. The van der Waals surface area contributed by atoms with Gasteiger partial charge in [-0.05, 0) is 18.2 Å². The SMILES string of the molecule is O=c1[c]cc2cc(S(=O)(=O)Cl)c(F)cc2[nH]1. The minimum atomic E-state index is -4.14. The van der Waals surface area contributed by atoms with Crippen LogP contribution in [0.5, 0.6) is 0 Å². The van der Waals surface area contributed by atoms with Gasteiger partial charge in [-0.15, -0.1) is 0 Å². The van der Waals surface area contributed by atoms with Gasteiger partial charge >= 0.3 is 0 Å². The van der Waals surface area contributed by atoms with Gasteiger partial charge in [0, 0.05) is 16.1 Å². The first-order valence-corrected chi connectivity index (χ1v) is 6.38. The molecule has 0 atom stereocenters.